The second-order valence-electron chi connectivity index (χ2n) is 6.05. The lowest BCUT2D eigenvalue weighted by molar-refractivity contribution is -0.0834. The summed E-state index contributed by atoms with van der Waals surface area (Å²) in [6, 6.07) is 5.34. The van der Waals surface area contributed by atoms with Crippen LogP contribution in [0, 0.1) is 5.82 Å². The van der Waals surface area contributed by atoms with E-state index >= 15 is 0 Å². The quantitative estimate of drug-likeness (QED) is 0.770. The normalized spacial score (nSPS) is 18.3. The van der Waals surface area contributed by atoms with Crippen molar-refractivity contribution in [2.45, 2.75) is 57.1 Å². The zero-order valence-electron chi connectivity index (χ0n) is 12.9. The predicted octanol–water partition coefficient (Wildman–Crippen LogP) is 4.35. The molecule has 0 amide bonds. The summed E-state index contributed by atoms with van der Waals surface area (Å²) in [6.45, 7) is 3.15. The van der Waals surface area contributed by atoms with Crippen LogP contribution >= 0.6 is 11.6 Å². The number of benzene rings is 1. The van der Waals surface area contributed by atoms with Gasteiger partial charge in [-0.05, 0) is 62.8 Å². The Morgan fingerprint density at radius 1 is 1.43 bits per heavy atom. The molecule has 1 unspecified atom stereocenters. The number of rotatable bonds is 8. The van der Waals surface area contributed by atoms with Gasteiger partial charge in [0.15, 0.2) is 0 Å². The maximum Gasteiger partial charge on any atom is 0.141 e. The van der Waals surface area contributed by atoms with E-state index in [-0.39, 0.29) is 16.4 Å². The van der Waals surface area contributed by atoms with Crippen molar-refractivity contribution in [2.75, 3.05) is 13.7 Å². The van der Waals surface area contributed by atoms with Gasteiger partial charge in [-0.1, -0.05) is 24.6 Å². The van der Waals surface area contributed by atoms with Gasteiger partial charge in [-0.15, -0.1) is 0 Å². The molecular weight excluding hydrogens is 289 g/mol. The number of methoxy groups -OCH3 is 1. The van der Waals surface area contributed by atoms with Gasteiger partial charge in [-0.2, -0.15) is 0 Å². The Hall–Kier alpha value is -0.640. The van der Waals surface area contributed by atoms with Crippen molar-refractivity contribution in [1.82, 2.24) is 5.32 Å². The molecule has 2 nitrogen and oxygen atoms in total. The minimum absolute atomic E-state index is 0.0369. The summed E-state index contributed by atoms with van der Waals surface area (Å²) < 4.78 is 19.0. The molecule has 0 radical (unpaired) electrons. The first-order valence-corrected chi connectivity index (χ1v) is 8.19. The van der Waals surface area contributed by atoms with Gasteiger partial charge < -0.3 is 10.1 Å². The zero-order valence-corrected chi connectivity index (χ0v) is 13.7. The average molecular weight is 314 g/mol. The van der Waals surface area contributed by atoms with Gasteiger partial charge in [-0.3, -0.25) is 0 Å². The first-order chi connectivity index (χ1) is 10.1. The van der Waals surface area contributed by atoms with E-state index in [9.17, 15) is 4.39 Å². The molecule has 0 bridgehead atoms. The highest BCUT2D eigenvalue weighted by atomic mass is 35.5. The van der Waals surface area contributed by atoms with Crippen LogP contribution in [0.25, 0.3) is 0 Å². The molecular formula is C17H25ClFNO. The van der Waals surface area contributed by atoms with Crippen LogP contribution in [0.15, 0.2) is 18.2 Å². The minimum atomic E-state index is -0.356. The van der Waals surface area contributed by atoms with Crippen LogP contribution in [0.1, 0.15) is 44.6 Å². The van der Waals surface area contributed by atoms with Gasteiger partial charge >= 0.3 is 0 Å². The van der Waals surface area contributed by atoms with Gasteiger partial charge in [0.25, 0.3) is 0 Å². The van der Waals surface area contributed by atoms with Crippen molar-refractivity contribution in [2.24, 2.45) is 0 Å². The van der Waals surface area contributed by atoms with Crippen molar-refractivity contribution in [1.29, 1.82) is 0 Å². The Morgan fingerprint density at radius 3 is 2.71 bits per heavy atom. The van der Waals surface area contributed by atoms with Crippen LogP contribution < -0.4 is 5.32 Å². The first-order valence-electron chi connectivity index (χ1n) is 7.81. The highest BCUT2D eigenvalue weighted by Gasteiger charge is 2.38. The van der Waals surface area contributed by atoms with Crippen LogP contribution in [-0.4, -0.2) is 25.3 Å². The topological polar surface area (TPSA) is 21.3 Å². The fraction of sp³-hybridized carbons (Fsp3) is 0.647. The molecule has 1 atom stereocenters. The summed E-state index contributed by atoms with van der Waals surface area (Å²) in [7, 11) is 1.81. The van der Waals surface area contributed by atoms with Gasteiger partial charge in [-0.25, -0.2) is 4.39 Å². The van der Waals surface area contributed by atoms with E-state index in [1.165, 1.54) is 12.5 Å². The van der Waals surface area contributed by atoms with E-state index in [4.69, 9.17) is 16.3 Å². The SMILES string of the molecule is CCCNC(Cc1ccc(F)c(Cl)c1)CC1(OC)CCC1. The van der Waals surface area contributed by atoms with Crippen LogP contribution in [0.3, 0.4) is 0 Å². The molecule has 1 fully saturated rings. The highest BCUT2D eigenvalue weighted by Crippen LogP contribution is 2.39. The molecule has 1 aromatic carbocycles. The second kappa shape index (κ2) is 7.57. The third-order valence-electron chi connectivity index (χ3n) is 4.47. The Morgan fingerprint density at radius 2 is 2.19 bits per heavy atom. The first kappa shape index (κ1) is 16.7. The molecule has 0 saturated heterocycles. The fourth-order valence-electron chi connectivity index (χ4n) is 3.03. The van der Waals surface area contributed by atoms with E-state index in [0.29, 0.717) is 6.04 Å². The van der Waals surface area contributed by atoms with Crippen molar-refractivity contribution >= 4 is 11.6 Å². The smallest absolute Gasteiger partial charge is 0.141 e. The molecule has 0 heterocycles. The lowest BCUT2D eigenvalue weighted by Crippen LogP contribution is -2.46. The molecule has 0 spiro atoms. The number of hydrogen-bond donors (Lipinski definition) is 1. The molecule has 2 rings (SSSR count). The van der Waals surface area contributed by atoms with E-state index in [2.05, 4.69) is 12.2 Å². The van der Waals surface area contributed by atoms with Gasteiger partial charge in [0.1, 0.15) is 5.82 Å². The summed E-state index contributed by atoms with van der Waals surface area (Å²) in [4.78, 5) is 0. The van der Waals surface area contributed by atoms with Gasteiger partial charge in [0, 0.05) is 13.2 Å². The van der Waals surface area contributed by atoms with E-state index in [1.807, 2.05) is 13.2 Å². The summed E-state index contributed by atoms with van der Waals surface area (Å²) in [6.07, 6.45) is 6.47. The van der Waals surface area contributed by atoms with E-state index in [1.54, 1.807) is 6.07 Å². The maximum absolute atomic E-state index is 13.3. The van der Waals surface area contributed by atoms with Crippen LogP contribution in [0.4, 0.5) is 4.39 Å². The lowest BCUT2D eigenvalue weighted by Gasteiger charge is -2.43. The molecule has 1 aromatic rings. The van der Waals surface area contributed by atoms with Crippen molar-refractivity contribution in [3.8, 4) is 0 Å². The molecule has 1 aliphatic carbocycles. The Kier molecular flexibility index (Phi) is 6.03. The van der Waals surface area contributed by atoms with Crippen LogP contribution in [0.2, 0.25) is 5.02 Å². The Labute approximate surface area is 132 Å². The van der Waals surface area contributed by atoms with Crippen molar-refractivity contribution in [3.63, 3.8) is 0 Å². The monoisotopic (exact) mass is 313 g/mol. The largest absolute Gasteiger partial charge is 0.378 e. The molecule has 1 saturated carbocycles. The molecule has 118 valence electrons. The second-order valence-corrected chi connectivity index (χ2v) is 6.46. The predicted molar refractivity (Wildman–Crippen MR) is 85.4 cm³/mol. The lowest BCUT2D eigenvalue weighted by atomic mass is 9.75. The molecule has 4 heteroatoms. The summed E-state index contributed by atoms with van der Waals surface area (Å²) in [5.74, 6) is -0.356. The Bertz CT molecular complexity index is 457. The van der Waals surface area contributed by atoms with Crippen LogP contribution in [0.5, 0.6) is 0 Å². The Balaban J connectivity index is 2.02. The third-order valence-corrected chi connectivity index (χ3v) is 4.75. The van der Waals surface area contributed by atoms with Gasteiger partial charge in [0.05, 0.1) is 10.6 Å². The number of ether oxygens (including phenoxy) is 1. The standard InChI is InChI=1S/C17H25ClFNO/c1-3-9-20-14(12-17(21-2)7-4-8-17)10-13-5-6-16(19)15(18)11-13/h5-6,11,14,20H,3-4,7-10,12H2,1-2H3. The van der Waals surface area contributed by atoms with E-state index in [0.717, 1.165) is 44.2 Å². The summed E-state index contributed by atoms with van der Waals surface area (Å²) in [5, 5.41) is 3.79. The molecule has 0 aliphatic heterocycles. The summed E-state index contributed by atoms with van der Waals surface area (Å²) in [5.41, 5.74) is 1.11. The summed E-state index contributed by atoms with van der Waals surface area (Å²) >= 11 is 5.88. The van der Waals surface area contributed by atoms with E-state index < -0.39 is 0 Å². The van der Waals surface area contributed by atoms with Crippen LogP contribution in [-0.2, 0) is 11.2 Å². The highest BCUT2D eigenvalue weighted by molar-refractivity contribution is 6.30. The number of hydrogen-bond acceptors (Lipinski definition) is 2. The molecule has 1 aliphatic rings. The third kappa shape index (κ3) is 4.41. The van der Waals surface area contributed by atoms with Crippen molar-refractivity contribution < 1.29 is 9.13 Å². The molecule has 21 heavy (non-hydrogen) atoms. The maximum atomic E-state index is 13.3. The average Bonchev–Trinajstić information content (AvgIpc) is 2.44. The number of nitrogens with one attached hydrogen (secondary N) is 1. The zero-order chi connectivity index (χ0) is 15.3. The van der Waals surface area contributed by atoms with Gasteiger partial charge in [0.2, 0.25) is 0 Å². The van der Waals surface area contributed by atoms with Crippen molar-refractivity contribution in [3.05, 3.63) is 34.6 Å². The molecule has 1 N–H and O–H groups in total. The minimum Gasteiger partial charge on any atom is -0.378 e. The number of halogens is 2. The molecule has 0 aromatic heterocycles. The fourth-order valence-corrected chi connectivity index (χ4v) is 3.23.